The minimum atomic E-state index is -0.563. The molecule has 0 radical (unpaired) electrons. The van der Waals surface area contributed by atoms with Gasteiger partial charge in [-0.1, -0.05) is 18.9 Å². The van der Waals surface area contributed by atoms with Crippen LogP contribution in [0.3, 0.4) is 0 Å². The lowest BCUT2D eigenvalue weighted by molar-refractivity contribution is -0.136. The van der Waals surface area contributed by atoms with E-state index < -0.39 is 6.04 Å². The van der Waals surface area contributed by atoms with Gasteiger partial charge in [0, 0.05) is 30.8 Å². The first-order valence-corrected chi connectivity index (χ1v) is 9.31. The van der Waals surface area contributed by atoms with Crippen LogP contribution in [0.2, 0.25) is 0 Å². The maximum atomic E-state index is 12.7. The van der Waals surface area contributed by atoms with Crippen LogP contribution in [0, 0.1) is 0 Å². The summed E-state index contributed by atoms with van der Waals surface area (Å²) in [4.78, 5) is 37.7. The number of anilines is 1. The lowest BCUT2D eigenvalue weighted by atomic mass is 10.0. The Morgan fingerprint density at radius 1 is 1.15 bits per heavy atom. The van der Waals surface area contributed by atoms with Crippen LogP contribution in [0.15, 0.2) is 18.2 Å². The second-order valence-electron chi connectivity index (χ2n) is 6.90. The van der Waals surface area contributed by atoms with Crippen molar-refractivity contribution in [2.45, 2.75) is 51.1 Å². The van der Waals surface area contributed by atoms with Gasteiger partial charge in [-0.05, 0) is 43.5 Å². The van der Waals surface area contributed by atoms with Gasteiger partial charge in [-0.15, -0.1) is 0 Å². The fourth-order valence-corrected chi connectivity index (χ4v) is 3.52. The molecule has 4 N–H and O–H groups in total. The Kier molecular flexibility index (Phi) is 5.88. The minimum Gasteiger partial charge on any atom is -0.385 e. The molecule has 1 saturated heterocycles. The third kappa shape index (κ3) is 4.04. The number of nitrogens with one attached hydrogen (secondary N) is 2. The van der Waals surface area contributed by atoms with E-state index in [0.717, 1.165) is 50.0 Å². The molecular formula is C19H26N4O3. The Morgan fingerprint density at radius 3 is 2.73 bits per heavy atom. The number of carbonyl (C=O) groups is 3. The predicted octanol–water partition coefficient (Wildman–Crippen LogP) is 1.38. The highest BCUT2D eigenvalue weighted by Gasteiger charge is 2.39. The molecule has 3 rings (SSSR count). The molecule has 0 aromatic heterocycles. The zero-order valence-electron chi connectivity index (χ0n) is 14.9. The van der Waals surface area contributed by atoms with Crippen LogP contribution >= 0.6 is 0 Å². The smallest absolute Gasteiger partial charge is 0.255 e. The molecule has 0 aliphatic carbocycles. The Hall–Kier alpha value is -2.41. The fraction of sp³-hybridized carbons (Fsp3) is 0.526. The second kappa shape index (κ2) is 8.31. The highest BCUT2D eigenvalue weighted by Crippen LogP contribution is 2.29. The molecule has 3 amide bonds. The van der Waals surface area contributed by atoms with E-state index in [4.69, 9.17) is 5.73 Å². The quantitative estimate of drug-likeness (QED) is 0.481. The van der Waals surface area contributed by atoms with E-state index >= 15 is 0 Å². The van der Waals surface area contributed by atoms with Crippen LogP contribution < -0.4 is 16.4 Å². The van der Waals surface area contributed by atoms with Gasteiger partial charge in [-0.3, -0.25) is 19.7 Å². The van der Waals surface area contributed by atoms with Gasteiger partial charge in [0.2, 0.25) is 11.8 Å². The van der Waals surface area contributed by atoms with E-state index in [1.165, 1.54) is 0 Å². The van der Waals surface area contributed by atoms with Gasteiger partial charge in [0.05, 0.1) is 0 Å². The van der Waals surface area contributed by atoms with Gasteiger partial charge in [0.25, 0.3) is 5.91 Å². The zero-order chi connectivity index (χ0) is 18.5. The first-order chi connectivity index (χ1) is 12.6. The van der Waals surface area contributed by atoms with Crippen molar-refractivity contribution in [1.82, 2.24) is 10.2 Å². The van der Waals surface area contributed by atoms with E-state index in [-0.39, 0.29) is 24.1 Å². The zero-order valence-corrected chi connectivity index (χ0v) is 14.9. The summed E-state index contributed by atoms with van der Waals surface area (Å²) in [6.45, 7) is 2.01. The average Bonchev–Trinajstić information content (AvgIpc) is 2.94. The number of piperidine rings is 1. The topological polar surface area (TPSA) is 105 Å². The Bertz CT molecular complexity index is 704. The largest absolute Gasteiger partial charge is 0.385 e. The van der Waals surface area contributed by atoms with Gasteiger partial charge in [0.15, 0.2) is 0 Å². The lowest BCUT2D eigenvalue weighted by Crippen LogP contribution is -2.52. The monoisotopic (exact) mass is 358 g/mol. The van der Waals surface area contributed by atoms with E-state index in [9.17, 15) is 14.4 Å². The van der Waals surface area contributed by atoms with Crippen molar-refractivity contribution in [3.8, 4) is 0 Å². The van der Waals surface area contributed by atoms with Crippen LogP contribution in [0.25, 0.3) is 0 Å². The Morgan fingerprint density at radius 2 is 1.96 bits per heavy atom. The van der Waals surface area contributed by atoms with Crippen molar-refractivity contribution >= 4 is 23.4 Å². The number of amides is 3. The molecule has 7 nitrogen and oxygen atoms in total. The van der Waals surface area contributed by atoms with Crippen LogP contribution in [0.5, 0.6) is 0 Å². The molecule has 1 aromatic rings. The van der Waals surface area contributed by atoms with Crippen molar-refractivity contribution in [2.75, 3.05) is 18.4 Å². The molecule has 0 bridgehead atoms. The van der Waals surface area contributed by atoms with Crippen molar-refractivity contribution in [2.24, 2.45) is 5.73 Å². The molecule has 2 aliphatic rings. The van der Waals surface area contributed by atoms with Crippen molar-refractivity contribution in [3.63, 3.8) is 0 Å². The number of unbranched alkanes of at least 4 members (excludes halogenated alkanes) is 3. The molecule has 1 fully saturated rings. The van der Waals surface area contributed by atoms with Crippen molar-refractivity contribution < 1.29 is 14.4 Å². The number of nitrogens with two attached hydrogens (primary N) is 1. The number of hydrogen-bond donors (Lipinski definition) is 3. The van der Waals surface area contributed by atoms with Crippen LogP contribution in [0.1, 0.15) is 54.4 Å². The molecule has 26 heavy (non-hydrogen) atoms. The number of rotatable bonds is 8. The van der Waals surface area contributed by atoms with Crippen LogP contribution in [-0.2, 0) is 16.1 Å². The van der Waals surface area contributed by atoms with Crippen molar-refractivity contribution in [1.29, 1.82) is 0 Å². The van der Waals surface area contributed by atoms with E-state index in [1.54, 1.807) is 4.90 Å². The molecule has 140 valence electrons. The van der Waals surface area contributed by atoms with Crippen molar-refractivity contribution in [3.05, 3.63) is 29.3 Å². The maximum absolute atomic E-state index is 12.7. The Labute approximate surface area is 153 Å². The summed E-state index contributed by atoms with van der Waals surface area (Å²) in [5.41, 5.74) is 7.97. The normalized spacial score (nSPS) is 19.5. The van der Waals surface area contributed by atoms with Gasteiger partial charge < -0.3 is 16.0 Å². The van der Waals surface area contributed by atoms with Crippen LogP contribution in [0.4, 0.5) is 5.69 Å². The molecule has 2 aliphatic heterocycles. The molecule has 1 aromatic carbocycles. The van der Waals surface area contributed by atoms with Gasteiger partial charge in [0.1, 0.15) is 6.04 Å². The maximum Gasteiger partial charge on any atom is 0.255 e. The summed E-state index contributed by atoms with van der Waals surface area (Å²) >= 11 is 0. The number of nitrogens with zero attached hydrogens (tertiary/aromatic N) is 1. The number of carbonyl (C=O) groups excluding carboxylic acids is 3. The predicted molar refractivity (Wildman–Crippen MR) is 98.5 cm³/mol. The highest BCUT2D eigenvalue weighted by molar-refractivity contribution is 6.05. The fourth-order valence-electron chi connectivity index (χ4n) is 3.52. The average molecular weight is 358 g/mol. The SMILES string of the molecule is NCCCCCCNc1ccc2c(c1)C(=O)N(C1CCC(=O)NC1=O)C2. The van der Waals surface area contributed by atoms with Gasteiger partial charge in [-0.25, -0.2) is 0 Å². The summed E-state index contributed by atoms with van der Waals surface area (Å²) in [7, 11) is 0. The minimum absolute atomic E-state index is 0.138. The molecule has 1 atom stereocenters. The molecule has 0 saturated carbocycles. The summed E-state index contributed by atoms with van der Waals surface area (Å²) in [5, 5.41) is 5.68. The lowest BCUT2D eigenvalue weighted by Gasteiger charge is -2.29. The molecule has 2 heterocycles. The Balaban J connectivity index is 1.58. The number of imide groups is 1. The summed E-state index contributed by atoms with van der Waals surface area (Å²) < 4.78 is 0. The standard InChI is InChI=1S/C19H26N4O3/c20-9-3-1-2-4-10-21-14-6-5-13-12-23(19(26)15(13)11-14)16-7-8-17(24)22-18(16)25/h5-6,11,16,21H,1-4,7-10,12,20H2,(H,22,24,25). The van der Waals surface area contributed by atoms with Crippen LogP contribution in [-0.4, -0.2) is 41.8 Å². The summed E-state index contributed by atoms with van der Waals surface area (Å²) in [5.74, 6) is -0.785. The van der Waals surface area contributed by atoms with E-state index in [1.807, 2.05) is 18.2 Å². The van der Waals surface area contributed by atoms with E-state index in [0.29, 0.717) is 18.5 Å². The molecule has 0 spiro atoms. The van der Waals surface area contributed by atoms with Gasteiger partial charge >= 0.3 is 0 Å². The molecular weight excluding hydrogens is 332 g/mol. The van der Waals surface area contributed by atoms with Gasteiger partial charge in [-0.2, -0.15) is 0 Å². The van der Waals surface area contributed by atoms with E-state index in [2.05, 4.69) is 10.6 Å². The third-order valence-electron chi connectivity index (χ3n) is 4.99. The summed E-state index contributed by atoms with van der Waals surface area (Å²) in [6, 6.07) is 5.21. The highest BCUT2D eigenvalue weighted by atomic mass is 16.2. The molecule has 1 unspecified atom stereocenters. The first-order valence-electron chi connectivity index (χ1n) is 9.31. The molecule has 7 heteroatoms. The number of benzene rings is 1. The third-order valence-corrected chi connectivity index (χ3v) is 4.99. The first kappa shape index (κ1) is 18.4. The summed E-state index contributed by atoms with van der Waals surface area (Å²) in [6.07, 6.45) is 5.06. The number of hydrogen-bond acceptors (Lipinski definition) is 5. The number of fused-ring (bicyclic) bond motifs is 1. The second-order valence-corrected chi connectivity index (χ2v) is 6.90.